The summed E-state index contributed by atoms with van der Waals surface area (Å²) in [5, 5.41) is 0.765. The van der Waals surface area contributed by atoms with Crippen molar-refractivity contribution in [3.05, 3.63) is 23.5 Å². The van der Waals surface area contributed by atoms with Gasteiger partial charge in [-0.1, -0.05) is 13.3 Å². The van der Waals surface area contributed by atoms with E-state index in [-0.39, 0.29) is 5.76 Å². The van der Waals surface area contributed by atoms with Crippen LogP contribution in [0.3, 0.4) is 0 Å². The van der Waals surface area contributed by atoms with Crippen molar-refractivity contribution in [2.24, 2.45) is 0 Å². The zero-order chi connectivity index (χ0) is 13.8. The number of fused-ring (bicyclic) bond motifs is 1. The van der Waals surface area contributed by atoms with Gasteiger partial charge in [0.2, 0.25) is 0 Å². The number of furan rings is 1. The van der Waals surface area contributed by atoms with E-state index in [1.165, 1.54) is 0 Å². The zero-order valence-corrected chi connectivity index (χ0v) is 11.5. The van der Waals surface area contributed by atoms with Gasteiger partial charge in [-0.15, -0.1) is 0 Å². The van der Waals surface area contributed by atoms with Gasteiger partial charge in [0, 0.05) is 5.56 Å². The second-order valence-electron chi connectivity index (χ2n) is 4.38. The largest absolute Gasteiger partial charge is 0.496 e. The fourth-order valence-electron chi connectivity index (χ4n) is 2.21. The molecule has 1 aromatic heterocycles. The number of unbranched alkanes of at least 4 members (excludes halogenated alkanes) is 1. The minimum Gasteiger partial charge on any atom is -0.496 e. The van der Waals surface area contributed by atoms with Crippen molar-refractivity contribution in [1.82, 2.24) is 0 Å². The monoisotopic (exact) mass is 262 g/mol. The van der Waals surface area contributed by atoms with Gasteiger partial charge in [0.05, 0.1) is 19.6 Å². The van der Waals surface area contributed by atoms with Gasteiger partial charge >= 0.3 is 0 Å². The van der Waals surface area contributed by atoms with E-state index < -0.39 is 0 Å². The third-order valence-corrected chi connectivity index (χ3v) is 3.16. The number of aldehydes is 1. The van der Waals surface area contributed by atoms with Crippen molar-refractivity contribution in [3.8, 4) is 11.5 Å². The molecule has 0 atom stereocenters. The SMILES string of the molecule is CCCCc1cc(OC)c2cc(C=O)oc2c1OC. The summed E-state index contributed by atoms with van der Waals surface area (Å²) in [5.74, 6) is 1.68. The van der Waals surface area contributed by atoms with Crippen LogP contribution in [0.2, 0.25) is 0 Å². The maximum atomic E-state index is 10.9. The van der Waals surface area contributed by atoms with E-state index in [9.17, 15) is 4.79 Å². The van der Waals surface area contributed by atoms with Gasteiger partial charge in [0.1, 0.15) is 5.75 Å². The summed E-state index contributed by atoms with van der Waals surface area (Å²) < 4.78 is 16.4. The molecule has 0 spiro atoms. The van der Waals surface area contributed by atoms with Gasteiger partial charge in [-0.25, -0.2) is 0 Å². The molecule has 0 aliphatic carbocycles. The molecule has 0 aliphatic heterocycles. The topological polar surface area (TPSA) is 48.7 Å². The Bertz CT molecular complexity index is 583. The van der Waals surface area contributed by atoms with Crippen molar-refractivity contribution >= 4 is 17.3 Å². The first-order valence-corrected chi connectivity index (χ1v) is 6.37. The number of carbonyl (C=O) groups excluding carboxylic acids is 1. The van der Waals surface area contributed by atoms with Crippen LogP contribution in [0.15, 0.2) is 16.5 Å². The summed E-state index contributed by atoms with van der Waals surface area (Å²) in [5.41, 5.74) is 1.62. The molecule has 2 aromatic rings. The van der Waals surface area contributed by atoms with E-state index in [4.69, 9.17) is 13.9 Å². The highest BCUT2D eigenvalue weighted by molar-refractivity contribution is 5.94. The molecule has 0 saturated heterocycles. The molecular formula is C15H18O4. The number of hydrogen-bond acceptors (Lipinski definition) is 4. The van der Waals surface area contributed by atoms with E-state index in [0.717, 1.165) is 30.2 Å². The van der Waals surface area contributed by atoms with E-state index in [0.29, 0.717) is 23.4 Å². The van der Waals surface area contributed by atoms with E-state index in [1.807, 2.05) is 6.07 Å². The van der Waals surface area contributed by atoms with Crippen LogP contribution in [0, 0.1) is 0 Å². The van der Waals surface area contributed by atoms with E-state index >= 15 is 0 Å². The van der Waals surface area contributed by atoms with Gasteiger partial charge in [-0.2, -0.15) is 0 Å². The van der Waals surface area contributed by atoms with Crippen LogP contribution in [-0.2, 0) is 6.42 Å². The number of methoxy groups -OCH3 is 2. The standard InChI is InChI=1S/C15H18O4/c1-4-5-6-10-7-13(17-2)12-8-11(9-16)19-15(12)14(10)18-3/h7-9H,4-6H2,1-3H3. The Hall–Kier alpha value is -1.97. The molecule has 4 heteroatoms. The normalized spacial score (nSPS) is 10.7. The first kappa shape index (κ1) is 13.5. The molecular weight excluding hydrogens is 244 g/mol. The summed E-state index contributed by atoms with van der Waals surface area (Å²) in [4.78, 5) is 10.9. The van der Waals surface area contributed by atoms with Crippen molar-refractivity contribution in [1.29, 1.82) is 0 Å². The van der Waals surface area contributed by atoms with Crippen LogP contribution in [0.4, 0.5) is 0 Å². The summed E-state index contributed by atoms with van der Waals surface area (Å²) in [7, 11) is 3.22. The smallest absolute Gasteiger partial charge is 0.185 e. The number of rotatable bonds is 6. The molecule has 4 nitrogen and oxygen atoms in total. The molecule has 0 saturated carbocycles. The lowest BCUT2D eigenvalue weighted by atomic mass is 10.0. The van der Waals surface area contributed by atoms with Crippen molar-refractivity contribution in [3.63, 3.8) is 0 Å². The number of ether oxygens (including phenoxy) is 2. The lowest BCUT2D eigenvalue weighted by molar-refractivity contribution is 0.110. The Kier molecular flexibility index (Phi) is 4.10. The predicted molar refractivity (Wildman–Crippen MR) is 73.3 cm³/mol. The molecule has 102 valence electrons. The maximum absolute atomic E-state index is 10.9. The zero-order valence-electron chi connectivity index (χ0n) is 11.5. The summed E-state index contributed by atoms with van der Waals surface area (Å²) in [6.45, 7) is 2.14. The second-order valence-corrected chi connectivity index (χ2v) is 4.38. The highest BCUT2D eigenvalue weighted by Gasteiger charge is 2.17. The quantitative estimate of drug-likeness (QED) is 0.746. The first-order chi connectivity index (χ1) is 9.24. The van der Waals surface area contributed by atoms with Crippen LogP contribution < -0.4 is 9.47 Å². The van der Waals surface area contributed by atoms with Crippen LogP contribution in [0.5, 0.6) is 11.5 Å². The Morgan fingerprint density at radius 1 is 1.26 bits per heavy atom. The molecule has 2 rings (SSSR count). The highest BCUT2D eigenvalue weighted by Crippen LogP contribution is 2.39. The van der Waals surface area contributed by atoms with Crippen LogP contribution in [0.1, 0.15) is 35.9 Å². The predicted octanol–water partition coefficient (Wildman–Crippen LogP) is 3.61. The Morgan fingerprint density at radius 2 is 2.05 bits per heavy atom. The molecule has 19 heavy (non-hydrogen) atoms. The Labute approximate surface area is 112 Å². The lowest BCUT2D eigenvalue weighted by Gasteiger charge is -2.11. The van der Waals surface area contributed by atoms with Crippen molar-refractivity contribution in [2.75, 3.05) is 14.2 Å². The Morgan fingerprint density at radius 3 is 2.63 bits per heavy atom. The fourth-order valence-corrected chi connectivity index (χ4v) is 2.21. The molecule has 0 amide bonds. The molecule has 0 bridgehead atoms. The van der Waals surface area contributed by atoms with Gasteiger partial charge in [-0.05, 0) is 25.0 Å². The third kappa shape index (κ3) is 2.43. The van der Waals surface area contributed by atoms with Gasteiger partial charge in [0.15, 0.2) is 23.4 Å². The van der Waals surface area contributed by atoms with Crippen molar-refractivity contribution < 1.29 is 18.7 Å². The number of carbonyl (C=O) groups is 1. The molecule has 0 unspecified atom stereocenters. The van der Waals surface area contributed by atoms with Gasteiger partial charge < -0.3 is 13.9 Å². The molecule has 0 fully saturated rings. The van der Waals surface area contributed by atoms with Gasteiger partial charge in [0.25, 0.3) is 0 Å². The molecule has 1 aromatic carbocycles. The summed E-state index contributed by atoms with van der Waals surface area (Å²) in [6, 6.07) is 3.63. The molecule has 0 aliphatic rings. The lowest BCUT2D eigenvalue weighted by Crippen LogP contribution is -1.95. The number of benzene rings is 1. The van der Waals surface area contributed by atoms with Gasteiger partial charge in [-0.3, -0.25) is 4.79 Å². The average Bonchev–Trinajstić information content (AvgIpc) is 2.87. The van der Waals surface area contributed by atoms with E-state index in [2.05, 4.69) is 6.92 Å². The summed E-state index contributed by atoms with van der Waals surface area (Å²) in [6.07, 6.45) is 3.74. The maximum Gasteiger partial charge on any atom is 0.185 e. The highest BCUT2D eigenvalue weighted by atomic mass is 16.5. The third-order valence-electron chi connectivity index (χ3n) is 3.16. The minimum absolute atomic E-state index is 0.277. The van der Waals surface area contributed by atoms with Crippen LogP contribution in [0.25, 0.3) is 11.0 Å². The first-order valence-electron chi connectivity index (χ1n) is 6.37. The Balaban J connectivity index is 2.65. The molecule has 0 radical (unpaired) electrons. The number of hydrogen-bond donors (Lipinski definition) is 0. The average molecular weight is 262 g/mol. The molecule has 1 heterocycles. The number of aryl methyl sites for hydroxylation is 1. The fraction of sp³-hybridized carbons (Fsp3) is 0.400. The van der Waals surface area contributed by atoms with E-state index in [1.54, 1.807) is 20.3 Å². The summed E-state index contributed by atoms with van der Waals surface area (Å²) >= 11 is 0. The second kappa shape index (κ2) is 5.78. The minimum atomic E-state index is 0.277. The van der Waals surface area contributed by atoms with Crippen molar-refractivity contribution in [2.45, 2.75) is 26.2 Å². The molecule has 0 N–H and O–H groups in total. The van der Waals surface area contributed by atoms with Crippen LogP contribution >= 0.6 is 0 Å². The van der Waals surface area contributed by atoms with Crippen LogP contribution in [-0.4, -0.2) is 20.5 Å².